The van der Waals surface area contributed by atoms with Gasteiger partial charge in [0.25, 0.3) is 0 Å². The van der Waals surface area contributed by atoms with Crippen LogP contribution in [0, 0.1) is 0 Å². The van der Waals surface area contributed by atoms with Crippen LogP contribution in [0.4, 0.5) is 5.69 Å². The molecule has 2 aliphatic heterocycles. The Bertz CT molecular complexity index is 460. The van der Waals surface area contributed by atoms with E-state index in [2.05, 4.69) is 24.1 Å². The van der Waals surface area contributed by atoms with Crippen molar-refractivity contribution in [3.8, 4) is 0 Å². The monoisotopic (exact) mass is 292 g/mol. The second-order valence-electron chi connectivity index (χ2n) is 6.09. The highest BCUT2D eigenvalue weighted by Gasteiger charge is 2.41. The van der Waals surface area contributed by atoms with Gasteiger partial charge in [-0.1, -0.05) is 18.2 Å². The van der Waals surface area contributed by atoms with Crippen LogP contribution in [0.1, 0.15) is 24.8 Å². The van der Waals surface area contributed by atoms with Crippen LogP contribution in [0.25, 0.3) is 0 Å². The Morgan fingerprint density at radius 2 is 2.30 bits per heavy atom. The van der Waals surface area contributed by atoms with Crippen LogP contribution >= 0.6 is 11.8 Å². The number of thioether (sulfide) groups is 1. The van der Waals surface area contributed by atoms with Crippen molar-refractivity contribution < 1.29 is 4.74 Å². The zero-order valence-corrected chi connectivity index (χ0v) is 13.0. The van der Waals surface area contributed by atoms with Gasteiger partial charge >= 0.3 is 0 Å². The molecule has 1 aromatic rings. The highest BCUT2D eigenvalue weighted by molar-refractivity contribution is 7.99. The van der Waals surface area contributed by atoms with Gasteiger partial charge in [0.15, 0.2) is 0 Å². The number of benzene rings is 1. The van der Waals surface area contributed by atoms with Crippen LogP contribution in [-0.2, 0) is 11.3 Å². The Balaban J connectivity index is 1.65. The molecule has 2 atom stereocenters. The molecule has 0 saturated carbocycles. The van der Waals surface area contributed by atoms with Gasteiger partial charge in [-0.3, -0.25) is 4.90 Å². The predicted molar refractivity (Wildman–Crippen MR) is 86.0 cm³/mol. The summed E-state index contributed by atoms with van der Waals surface area (Å²) >= 11 is 2.04. The number of nitrogens with zero attached hydrogens (tertiary/aromatic N) is 1. The van der Waals surface area contributed by atoms with E-state index in [0.717, 1.165) is 25.3 Å². The molecule has 2 saturated heterocycles. The third kappa shape index (κ3) is 2.97. The molecule has 2 N–H and O–H groups in total. The van der Waals surface area contributed by atoms with E-state index in [1.54, 1.807) is 0 Å². The van der Waals surface area contributed by atoms with E-state index >= 15 is 0 Å². The van der Waals surface area contributed by atoms with E-state index in [-0.39, 0.29) is 5.60 Å². The fourth-order valence-electron chi connectivity index (χ4n) is 3.32. The molecule has 0 aliphatic carbocycles. The molecular weight excluding hydrogens is 268 g/mol. The summed E-state index contributed by atoms with van der Waals surface area (Å²) in [6.07, 6.45) is 3.52. The number of hydrogen-bond acceptors (Lipinski definition) is 4. The van der Waals surface area contributed by atoms with E-state index in [9.17, 15) is 0 Å². The Morgan fingerprint density at radius 1 is 1.45 bits per heavy atom. The molecule has 2 fully saturated rings. The second kappa shape index (κ2) is 5.96. The standard InChI is InChI=1S/C16H24N2OS/c1-18(11-13-4-2-3-5-15(13)17)14-6-8-19-16(10-14)7-9-20-12-16/h2-5,14H,6-12,17H2,1H3. The highest BCUT2D eigenvalue weighted by Crippen LogP contribution is 2.39. The normalized spacial score (nSPS) is 30.2. The molecule has 2 heterocycles. The van der Waals surface area contributed by atoms with Gasteiger partial charge in [0, 0.05) is 30.6 Å². The summed E-state index contributed by atoms with van der Waals surface area (Å²) in [6, 6.07) is 8.80. The zero-order valence-electron chi connectivity index (χ0n) is 12.2. The third-order valence-electron chi connectivity index (χ3n) is 4.63. The van der Waals surface area contributed by atoms with Gasteiger partial charge in [-0.25, -0.2) is 0 Å². The van der Waals surface area contributed by atoms with Gasteiger partial charge in [0.1, 0.15) is 0 Å². The highest BCUT2D eigenvalue weighted by atomic mass is 32.2. The first kappa shape index (κ1) is 14.2. The minimum Gasteiger partial charge on any atom is -0.398 e. The van der Waals surface area contributed by atoms with Crippen molar-refractivity contribution in [2.24, 2.45) is 0 Å². The van der Waals surface area contributed by atoms with Crippen molar-refractivity contribution in [1.82, 2.24) is 4.90 Å². The van der Waals surface area contributed by atoms with Crippen molar-refractivity contribution in [3.63, 3.8) is 0 Å². The second-order valence-corrected chi connectivity index (χ2v) is 7.20. The SMILES string of the molecule is CN(Cc1ccccc1N)C1CCOC2(CCSC2)C1. The van der Waals surface area contributed by atoms with E-state index < -0.39 is 0 Å². The van der Waals surface area contributed by atoms with E-state index in [1.165, 1.54) is 29.9 Å². The maximum Gasteiger partial charge on any atom is 0.0795 e. The average Bonchev–Trinajstić information content (AvgIpc) is 2.89. The van der Waals surface area contributed by atoms with Crippen molar-refractivity contribution in [2.75, 3.05) is 30.9 Å². The molecule has 0 bridgehead atoms. The molecule has 2 unspecified atom stereocenters. The molecule has 0 aromatic heterocycles. The summed E-state index contributed by atoms with van der Waals surface area (Å²) in [5, 5.41) is 0. The van der Waals surface area contributed by atoms with Gasteiger partial charge in [-0.05, 0) is 43.7 Å². The number of hydrogen-bond donors (Lipinski definition) is 1. The predicted octanol–water partition coefficient (Wildman–Crippen LogP) is 2.76. The Labute approximate surface area is 125 Å². The zero-order chi connectivity index (χ0) is 14.0. The smallest absolute Gasteiger partial charge is 0.0795 e. The van der Waals surface area contributed by atoms with E-state index in [1.807, 2.05) is 23.9 Å². The van der Waals surface area contributed by atoms with Gasteiger partial charge in [-0.15, -0.1) is 0 Å². The number of nitrogens with two attached hydrogens (primary N) is 1. The van der Waals surface area contributed by atoms with Crippen molar-refractivity contribution in [2.45, 2.75) is 37.5 Å². The number of ether oxygens (including phenoxy) is 1. The lowest BCUT2D eigenvalue weighted by Crippen LogP contribution is -2.47. The number of para-hydroxylation sites is 1. The van der Waals surface area contributed by atoms with Gasteiger partial charge in [-0.2, -0.15) is 11.8 Å². The number of nitrogen functional groups attached to an aromatic ring is 1. The van der Waals surface area contributed by atoms with Crippen LogP contribution in [-0.4, -0.2) is 41.7 Å². The van der Waals surface area contributed by atoms with Crippen molar-refractivity contribution in [3.05, 3.63) is 29.8 Å². The van der Waals surface area contributed by atoms with Crippen LogP contribution in [0.3, 0.4) is 0 Å². The van der Waals surface area contributed by atoms with E-state index in [0.29, 0.717) is 6.04 Å². The maximum atomic E-state index is 6.11. The average molecular weight is 292 g/mol. The first-order valence-corrected chi connectivity index (χ1v) is 8.59. The lowest BCUT2D eigenvalue weighted by atomic mass is 9.89. The summed E-state index contributed by atoms with van der Waals surface area (Å²) in [6.45, 7) is 1.83. The molecule has 110 valence electrons. The molecule has 1 spiro atoms. The van der Waals surface area contributed by atoms with Crippen molar-refractivity contribution >= 4 is 17.4 Å². The third-order valence-corrected chi connectivity index (χ3v) is 5.86. The van der Waals surface area contributed by atoms with E-state index in [4.69, 9.17) is 10.5 Å². The molecular formula is C16H24N2OS. The topological polar surface area (TPSA) is 38.5 Å². The maximum absolute atomic E-state index is 6.11. The quantitative estimate of drug-likeness (QED) is 0.870. The fraction of sp³-hybridized carbons (Fsp3) is 0.625. The summed E-state index contributed by atoms with van der Waals surface area (Å²) in [7, 11) is 2.22. The molecule has 3 rings (SSSR count). The van der Waals surface area contributed by atoms with Crippen molar-refractivity contribution in [1.29, 1.82) is 0 Å². The largest absolute Gasteiger partial charge is 0.398 e. The van der Waals surface area contributed by atoms with Gasteiger partial charge in [0.05, 0.1) is 5.60 Å². The molecule has 0 amide bonds. The number of rotatable bonds is 3. The summed E-state index contributed by atoms with van der Waals surface area (Å²) in [4.78, 5) is 2.46. The van der Waals surface area contributed by atoms with Crippen LogP contribution in [0.5, 0.6) is 0 Å². The minimum absolute atomic E-state index is 0.157. The lowest BCUT2D eigenvalue weighted by molar-refractivity contribution is -0.0874. The van der Waals surface area contributed by atoms with Crippen LogP contribution < -0.4 is 5.73 Å². The first-order chi connectivity index (χ1) is 9.69. The summed E-state index contributed by atoms with van der Waals surface area (Å²) < 4.78 is 6.11. The Kier molecular flexibility index (Phi) is 4.24. The molecule has 3 nitrogen and oxygen atoms in total. The van der Waals surface area contributed by atoms with Crippen LogP contribution in [0.15, 0.2) is 24.3 Å². The summed E-state index contributed by atoms with van der Waals surface area (Å²) in [5.41, 5.74) is 8.35. The summed E-state index contributed by atoms with van der Waals surface area (Å²) in [5.74, 6) is 2.42. The Hall–Kier alpha value is -0.710. The molecule has 2 aliphatic rings. The molecule has 20 heavy (non-hydrogen) atoms. The Morgan fingerprint density at radius 3 is 3.05 bits per heavy atom. The van der Waals surface area contributed by atoms with Gasteiger partial charge in [0.2, 0.25) is 0 Å². The number of anilines is 1. The molecule has 1 aromatic carbocycles. The van der Waals surface area contributed by atoms with Gasteiger partial charge < -0.3 is 10.5 Å². The molecule has 0 radical (unpaired) electrons. The minimum atomic E-state index is 0.157. The fourth-order valence-corrected chi connectivity index (χ4v) is 4.70. The first-order valence-electron chi connectivity index (χ1n) is 7.44. The molecule has 4 heteroatoms. The van der Waals surface area contributed by atoms with Crippen LogP contribution in [0.2, 0.25) is 0 Å². The lowest BCUT2D eigenvalue weighted by Gasteiger charge is -2.41.